The molecule has 56 heavy (non-hydrogen) atoms. The molecule has 5 nitrogen and oxygen atoms in total. The summed E-state index contributed by atoms with van der Waals surface area (Å²) >= 11 is 0. The van der Waals surface area contributed by atoms with E-state index in [1.807, 2.05) is 0 Å². The van der Waals surface area contributed by atoms with Crippen LogP contribution in [0.2, 0.25) is 6.32 Å². The molecule has 0 saturated heterocycles. The van der Waals surface area contributed by atoms with Crippen molar-refractivity contribution < 1.29 is 0 Å². The first-order valence-corrected chi connectivity index (χ1v) is 20.2. The summed E-state index contributed by atoms with van der Waals surface area (Å²) < 4.78 is 4.73. The van der Waals surface area contributed by atoms with E-state index < -0.39 is 0 Å². The van der Waals surface area contributed by atoms with Crippen molar-refractivity contribution in [2.24, 2.45) is 5.92 Å². The van der Waals surface area contributed by atoms with E-state index in [0.29, 0.717) is 23.5 Å². The number of fused-ring (bicyclic) bond motifs is 7. The lowest BCUT2D eigenvalue weighted by atomic mass is 9.65. The summed E-state index contributed by atoms with van der Waals surface area (Å²) in [4.78, 5) is 16.2. The number of rotatable bonds is 8. The molecule has 268 valence electrons. The van der Waals surface area contributed by atoms with Gasteiger partial charge in [-0.05, 0) is 62.0 Å². The van der Waals surface area contributed by atoms with Crippen molar-refractivity contribution in [3.63, 3.8) is 0 Å². The lowest BCUT2D eigenvalue weighted by Crippen LogP contribution is -2.13. The van der Waals surface area contributed by atoms with E-state index in [4.69, 9.17) is 15.0 Å². The summed E-state index contributed by atoms with van der Waals surface area (Å²) in [7, 11) is 10.8. The van der Waals surface area contributed by atoms with Gasteiger partial charge >= 0.3 is 0 Å². The fraction of sp³-hybridized carbons (Fsp3) is 0.152. The second-order valence-electron chi connectivity index (χ2n) is 15.5. The van der Waals surface area contributed by atoms with Crippen LogP contribution < -0.4 is 0 Å². The predicted molar refractivity (Wildman–Crippen MR) is 252 cm³/mol. The van der Waals surface area contributed by atoms with Crippen molar-refractivity contribution in [2.45, 2.75) is 38.4 Å². The molecule has 0 radical (unpaired) electrons. The van der Waals surface area contributed by atoms with E-state index in [0.717, 1.165) is 77.0 Å². The van der Waals surface area contributed by atoms with Crippen LogP contribution in [0, 0.1) is 5.92 Å². The molecule has 0 bridgehead atoms. The third-order valence-corrected chi connectivity index (χ3v) is 12.1. The third-order valence-electron chi connectivity index (χ3n) is 12.1. The average molecular weight is 721 g/mol. The van der Waals surface area contributed by atoms with Crippen molar-refractivity contribution in [1.29, 1.82) is 0 Å². The summed E-state index contributed by atoms with van der Waals surface area (Å²) in [5.74, 6) is 2.36. The first kappa shape index (κ1) is 35.9. The van der Waals surface area contributed by atoms with Crippen LogP contribution >= 0.6 is 0 Å². The Morgan fingerprint density at radius 1 is 0.696 bits per heavy atom. The van der Waals surface area contributed by atoms with Gasteiger partial charge in [-0.15, -0.1) is 23.0 Å². The highest BCUT2D eigenvalue weighted by Gasteiger charge is 2.25. The standard InChI is InChI=1S/C46H44B5N5/c1-27(48)41(50)42(51)40(35(49)26-47)45-52-44(30-22-20-29(21-23-30)28-12-4-2-5-13-28)53-46(54-45)56-37-19-11-9-17-34(37)39-38(56)25-24-33-32-16-8-10-18-36(32)55(43(33)39)31-14-6-3-7-15-31/h4,6,8-20,22-25,29H,1-3,5,7,21,26,47-51H2/b40-35-,42-41-. The van der Waals surface area contributed by atoms with E-state index in [-0.39, 0.29) is 0 Å². The largest absolute Gasteiger partial charge is 0.309 e. The van der Waals surface area contributed by atoms with E-state index in [2.05, 4.69) is 170 Å². The van der Waals surface area contributed by atoms with Crippen molar-refractivity contribution in [2.75, 3.05) is 0 Å². The van der Waals surface area contributed by atoms with Gasteiger partial charge in [0.1, 0.15) is 39.2 Å². The van der Waals surface area contributed by atoms with Crippen LogP contribution in [0.4, 0.5) is 0 Å². The zero-order valence-electron chi connectivity index (χ0n) is 33.2. The second-order valence-corrected chi connectivity index (χ2v) is 15.5. The fourth-order valence-corrected chi connectivity index (χ4v) is 8.77. The van der Waals surface area contributed by atoms with Gasteiger partial charge in [0.2, 0.25) is 5.95 Å². The van der Waals surface area contributed by atoms with Crippen LogP contribution in [0.5, 0.6) is 0 Å². The lowest BCUT2D eigenvalue weighted by Gasteiger charge is -2.20. The quantitative estimate of drug-likeness (QED) is 0.133. The maximum absolute atomic E-state index is 5.45. The summed E-state index contributed by atoms with van der Waals surface area (Å²) in [6.07, 6.45) is 26.9. The second kappa shape index (κ2) is 14.7. The summed E-state index contributed by atoms with van der Waals surface area (Å²) in [5.41, 5.74) is 13.8. The van der Waals surface area contributed by atoms with Gasteiger partial charge in [0.25, 0.3) is 0 Å². The van der Waals surface area contributed by atoms with E-state index in [1.165, 1.54) is 49.3 Å². The number of aromatic nitrogens is 5. The van der Waals surface area contributed by atoms with Crippen LogP contribution in [0.1, 0.15) is 43.8 Å². The van der Waals surface area contributed by atoms with E-state index >= 15 is 0 Å². The maximum Gasteiger partial charge on any atom is 0.238 e. The smallest absolute Gasteiger partial charge is 0.238 e. The molecule has 10 heteroatoms. The number of hydrogen-bond donors (Lipinski definition) is 0. The van der Waals surface area contributed by atoms with Gasteiger partial charge in [-0.2, -0.15) is 9.97 Å². The van der Waals surface area contributed by atoms with Crippen LogP contribution in [-0.2, 0) is 0 Å². The Balaban J connectivity index is 1.33. The topological polar surface area (TPSA) is 48.5 Å². The Morgan fingerprint density at radius 2 is 1.43 bits per heavy atom. The van der Waals surface area contributed by atoms with Crippen molar-refractivity contribution in [3.05, 3.63) is 161 Å². The monoisotopic (exact) mass is 721 g/mol. The van der Waals surface area contributed by atoms with Gasteiger partial charge in [0.05, 0.1) is 22.1 Å². The number of para-hydroxylation sites is 2. The normalized spacial score (nSPS) is 17.9. The number of allylic oxidation sites excluding steroid dienone is 17. The minimum Gasteiger partial charge on any atom is -0.309 e. The average Bonchev–Trinajstić information content (AvgIpc) is 3.77. The molecule has 0 fully saturated rings. The van der Waals surface area contributed by atoms with Crippen molar-refractivity contribution in [3.8, 4) is 5.95 Å². The zero-order chi connectivity index (χ0) is 38.5. The van der Waals surface area contributed by atoms with Gasteiger partial charge in [-0.1, -0.05) is 103 Å². The van der Waals surface area contributed by atoms with Gasteiger partial charge < -0.3 is 4.57 Å². The Labute approximate surface area is 333 Å². The molecule has 1 atom stereocenters. The number of nitrogens with zero attached hydrogens (tertiary/aromatic N) is 5. The first-order valence-electron chi connectivity index (χ1n) is 20.2. The minimum absolute atomic E-state index is 0.359. The molecule has 3 aromatic heterocycles. The molecule has 3 heterocycles. The highest BCUT2D eigenvalue weighted by atomic mass is 15.2. The molecule has 0 aliphatic heterocycles. The molecule has 3 aromatic carbocycles. The molecule has 0 N–H and O–H groups in total. The fourth-order valence-electron chi connectivity index (χ4n) is 8.77. The zero-order valence-corrected chi connectivity index (χ0v) is 33.2. The van der Waals surface area contributed by atoms with Crippen LogP contribution in [0.15, 0.2) is 149 Å². The van der Waals surface area contributed by atoms with E-state index in [9.17, 15) is 0 Å². The van der Waals surface area contributed by atoms with Gasteiger partial charge in [0, 0.05) is 44.3 Å². The molecule has 0 saturated carbocycles. The summed E-state index contributed by atoms with van der Waals surface area (Å²) in [5, 5.41) is 4.85. The predicted octanol–water partition coefficient (Wildman–Crippen LogP) is 6.52. The third kappa shape index (κ3) is 6.07. The first-order chi connectivity index (χ1) is 27.3. The van der Waals surface area contributed by atoms with Crippen LogP contribution in [0.3, 0.4) is 0 Å². The van der Waals surface area contributed by atoms with Crippen molar-refractivity contribution >= 4 is 99.7 Å². The van der Waals surface area contributed by atoms with Crippen LogP contribution in [0.25, 0.3) is 66.4 Å². The SMILES string of the molecule is BC/C(B)=C(\C(B)=C(\B)C(B)=C)c1nc(C2=CCC(C3=CCCC=C3)C=C2)nc(-n2c3ccccc3c3c4c(ccc32)c2ccccc2n4C2=CCCC=C2)n1. The highest BCUT2D eigenvalue weighted by Crippen LogP contribution is 2.42. The van der Waals surface area contributed by atoms with Gasteiger partial charge in [-0.25, -0.2) is 4.98 Å². The minimum atomic E-state index is 0.359. The van der Waals surface area contributed by atoms with E-state index in [1.54, 1.807) is 0 Å². The molecule has 1 unspecified atom stereocenters. The molecule has 0 spiro atoms. The maximum atomic E-state index is 5.45. The highest BCUT2D eigenvalue weighted by molar-refractivity contribution is 6.45. The molecule has 0 amide bonds. The van der Waals surface area contributed by atoms with Crippen molar-refractivity contribution in [1.82, 2.24) is 24.1 Å². The number of hydrogen-bond acceptors (Lipinski definition) is 3. The van der Waals surface area contributed by atoms with Crippen LogP contribution in [-0.4, -0.2) is 63.3 Å². The Hall–Kier alpha value is -5.75. The Kier molecular flexibility index (Phi) is 9.45. The summed E-state index contributed by atoms with van der Waals surface area (Å²) in [6, 6.07) is 22.1. The van der Waals surface area contributed by atoms with Gasteiger partial charge in [-0.3, -0.25) is 4.57 Å². The summed E-state index contributed by atoms with van der Waals surface area (Å²) in [6.45, 7) is 4.31. The molecule has 9 rings (SSSR count). The molecular formula is C46H44B5N5. The Bertz CT molecular complexity index is 2890. The molecule has 3 aliphatic carbocycles. The molecular weight excluding hydrogens is 677 g/mol. The van der Waals surface area contributed by atoms with Gasteiger partial charge in [0.15, 0.2) is 11.6 Å². The Morgan fingerprint density at radius 3 is 2.11 bits per heavy atom. The molecule has 3 aliphatic rings. The number of benzene rings is 3. The lowest BCUT2D eigenvalue weighted by molar-refractivity contribution is 0.771. The molecule has 6 aromatic rings.